The summed E-state index contributed by atoms with van der Waals surface area (Å²) in [7, 11) is 1.55. The molecule has 2 aliphatic heterocycles. The first-order chi connectivity index (χ1) is 15.6. The first-order valence-electron chi connectivity index (χ1n) is 10.1. The van der Waals surface area contributed by atoms with Crippen molar-refractivity contribution in [3.63, 3.8) is 0 Å². The van der Waals surface area contributed by atoms with E-state index in [1.165, 1.54) is 6.20 Å². The molecular weight excluding hydrogens is 412 g/mol. The highest BCUT2D eigenvalue weighted by molar-refractivity contribution is 6.03. The van der Waals surface area contributed by atoms with Gasteiger partial charge >= 0.3 is 6.03 Å². The predicted molar refractivity (Wildman–Crippen MR) is 117 cm³/mol. The minimum Gasteiger partial charge on any atom is -0.457 e. The molecule has 32 heavy (non-hydrogen) atoms. The maximum atomic E-state index is 12.9. The Morgan fingerprint density at radius 1 is 1.03 bits per heavy atom. The van der Waals surface area contributed by atoms with Gasteiger partial charge in [0, 0.05) is 43.3 Å². The van der Waals surface area contributed by atoms with E-state index in [9.17, 15) is 9.59 Å². The van der Waals surface area contributed by atoms with E-state index < -0.39 is 0 Å². The highest BCUT2D eigenvalue weighted by Crippen LogP contribution is 2.36. The molecule has 9 nitrogen and oxygen atoms in total. The third-order valence-corrected chi connectivity index (χ3v) is 5.24. The highest BCUT2D eigenvalue weighted by atomic mass is 16.7. The van der Waals surface area contributed by atoms with Crippen LogP contribution in [0.15, 0.2) is 54.7 Å². The van der Waals surface area contributed by atoms with Crippen LogP contribution < -0.4 is 29.7 Å². The maximum absolute atomic E-state index is 12.9. The molecule has 2 aromatic carbocycles. The molecule has 3 amide bonds. The molecule has 0 atom stereocenters. The Labute approximate surface area is 183 Å². The van der Waals surface area contributed by atoms with Crippen LogP contribution in [-0.4, -0.2) is 37.3 Å². The van der Waals surface area contributed by atoms with Gasteiger partial charge in [0.05, 0.1) is 0 Å². The Kier molecular flexibility index (Phi) is 4.98. The van der Waals surface area contributed by atoms with Crippen LogP contribution in [0.3, 0.4) is 0 Å². The van der Waals surface area contributed by atoms with Gasteiger partial charge in [-0.1, -0.05) is 0 Å². The topological polar surface area (TPSA) is 102 Å². The van der Waals surface area contributed by atoms with Gasteiger partial charge in [-0.15, -0.1) is 0 Å². The molecule has 1 aromatic heterocycles. The number of nitrogens with one attached hydrogen (secondary N) is 2. The Morgan fingerprint density at radius 2 is 1.88 bits per heavy atom. The molecule has 0 radical (unpaired) electrons. The molecule has 0 saturated heterocycles. The lowest BCUT2D eigenvalue weighted by Crippen LogP contribution is -2.33. The highest BCUT2D eigenvalue weighted by Gasteiger charge is 2.26. The van der Waals surface area contributed by atoms with Gasteiger partial charge in [0.15, 0.2) is 11.5 Å². The van der Waals surface area contributed by atoms with Crippen molar-refractivity contribution < 1.29 is 23.8 Å². The number of ether oxygens (including phenoxy) is 3. The summed E-state index contributed by atoms with van der Waals surface area (Å²) in [6.45, 7) is 0.745. The summed E-state index contributed by atoms with van der Waals surface area (Å²) in [6, 6.07) is 13.9. The average molecular weight is 432 g/mol. The van der Waals surface area contributed by atoms with Gasteiger partial charge in [0.25, 0.3) is 5.91 Å². The van der Waals surface area contributed by atoms with Gasteiger partial charge in [0.2, 0.25) is 6.79 Å². The van der Waals surface area contributed by atoms with Crippen LogP contribution in [0.2, 0.25) is 0 Å². The fraction of sp³-hybridized carbons (Fsp3) is 0.174. The number of hydrogen-bond acceptors (Lipinski definition) is 6. The molecule has 3 aromatic rings. The molecule has 0 saturated carbocycles. The van der Waals surface area contributed by atoms with Gasteiger partial charge in [-0.3, -0.25) is 14.7 Å². The van der Waals surface area contributed by atoms with E-state index in [0.29, 0.717) is 41.7 Å². The smallest absolute Gasteiger partial charge is 0.326 e. The number of rotatable bonds is 4. The van der Waals surface area contributed by atoms with E-state index in [1.54, 1.807) is 48.3 Å². The lowest BCUT2D eigenvalue weighted by atomic mass is 10.1. The maximum Gasteiger partial charge on any atom is 0.326 e. The number of fused-ring (bicyclic) bond motifs is 2. The number of benzene rings is 2. The summed E-state index contributed by atoms with van der Waals surface area (Å²) in [5.41, 5.74) is 2.75. The van der Waals surface area contributed by atoms with E-state index in [4.69, 9.17) is 14.2 Å². The van der Waals surface area contributed by atoms with Crippen LogP contribution in [-0.2, 0) is 6.42 Å². The molecule has 9 heteroatoms. The summed E-state index contributed by atoms with van der Waals surface area (Å²) in [5, 5.41) is 5.44. The zero-order valence-corrected chi connectivity index (χ0v) is 17.3. The van der Waals surface area contributed by atoms with Crippen LogP contribution in [0.25, 0.3) is 0 Å². The van der Waals surface area contributed by atoms with Crippen molar-refractivity contribution in [2.45, 2.75) is 6.42 Å². The van der Waals surface area contributed by atoms with E-state index >= 15 is 0 Å². The van der Waals surface area contributed by atoms with Crippen LogP contribution >= 0.6 is 0 Å². The molecule has 0 fully saturated rings. The van der Waals surface area contributed by atoms with Crippen molar-refractivity contribution >= 4 is 23.3 Å². The monoisotopic (exact) mass is 432 g/mol. The fourth-order valence-electron chi connectivity index (χ4n) is 3.68. The van der Waals surface area contributed by atoms with Crippen LogP contribution in [0.1, 0.15) is 16.1 Å². The Morgan fingerprint density at radius 3 is 2.75 bits per heavy atom. The summed E-state index contributed by atoms with van der Waals surface area (Å²) >= 11 is 0. The number of pyridine rings is 1. The minimum absolute atomic E-state index is 0.184. The molecular formula is C23H20N4O5. The quantitative estimate of drug-likeness (QED) is 0.654. The van der Waals surface area contributed by atoms with E-state index in [2.05, 4.69) is 15.6 Å². The van der Waals surface area contributed by atoms with Gasteiger partial charge < -0.3 is 24.8 Å². The fourth-order valence-corrected chi connectivity index (χ4v) is 3.68. The van der Waals surface area contributed by atoms with Crippen molar-refractivity contribution in [2.75, 3.05) is 30.6 Å². The standard InChI is InChI=1S/C23H20N4O5/c1-24-22(28)18-12-17(6-8-25-18)32-16-3-4-19-14(10-16)7-9-27(19)23(29)26-15-2-5-20-21(11-15)31-13-30-20/h2-6,8,10-12H,7,9,13H2,1H3,(H,24,28)(H,26,29). The Bertz CT molecular complexity index is 1210. The van der Waals surface area contributed by atoms with Gasteiger partial charge in [-0.05, 0) is 48.4 Å². The first kappa shape index (κ1) is 19.7. The third-order valence-electron chi connectivity index (χ3n) is 5.24. The van der Waals surface area contributed by atoms with Crippen molar-refractivity contribution in [1.29, 1.82) is 0 Å². The second kappa shape index (κ2) is 8.10. The van der Waals surface area contributed by atoms with Gasteiger partial charge in [-0.2, -0.15) is 0 Å². The number of carbonyl (C=O) groups is 2. The second-order valence-electron chi connectivity index (χ2n) is 7.25. The normalized spacial score (nSPS) is 13.5. The first-order valence-corrected chi connectivity index (χ1v) is 10.1. The number of amides is 3. The average Bonchev–Trinajstić information content (AvgIpc) is 3.45. The molecule has 3 heterocycles. The number of anilines is 2. The number of urea groups is 1. The van der Waals surface area contributed by atoms with E-state index in [1.807, 2.05) is 12.1 Å². The summed E-state index contributed by atoms with van der Waals surface area (Å²) < 4.78 is 16.6. The molecule has 2 N–H and O–H groups in total. The number of hydrogen-bond donors (Lipinski definition) is 2. The summed E-state index contributed by atoms with van der Waals surface area (Å²) in [4.78, 5) is 30.4. The van der Waals surface area contributed by atoms with Gasteiger partial charge in [-0.25, -0.2) is 4.79 Å². The number of carbonyl (C=O) groups excluding carboxylic acids is 2. The lowest BCUT2D eigenvalue weighted by Gasteiger charge is -2.18. The predicted octanol–water partition coefficient (Wildman–Crippen LogP) is 3.56. The van der Waals surface area contributed by atoms with Crippen molar-refractivity contribution in [3.05, 3.63) is 66.0 Å². The lowest BCUT2D eigenvalue weighted by molar-refractivity contribution is 0.0957. The van der Waals surface area contributed by atoms with Crippen LogP contribution in [0, 0.1) is 0 Å². The number of nitrogens with zero attached hydrogens (tertiary/aromatic N) is 2. The second-order valence-corrected chi connectivity index (χ2v) is 7.25. The molecule has 162 valence electrons. The number of aromatic nitrogens is 1. The minimum atomic E-state index is -0.284. The molecule has 0 bridgehead atoms. The van der Waals surface area contributed by atoms with Crippen molar-refractivity contribution in [3.8, 4) is 23.0 Å². The third kappa shape index (κ3) is 3.76. The van der Waals surface area contributed by atoms with Crippen molar-refractivity contribution in [2.24, 2.45) is 0 Å². The van der Waals surface area contributed by atoms with E-state index in [0.717, 1.165) is 11.3 Å². The zero-order valence-electron chi connectivity index (χ0n) is 17.3. The van der Waals surface area contributed by atoms with E-state index in [-0.39, 0.29) is 24.4 Å². The SMILES string of the molecule is CNC(=O)c1cc(Oc2ccc3c(c2)CCN3C(=O)Nc2ccc3c(c2)OCO3)ccn1. The largest absolute Gasteiger partial charge is 0.457 e. The molecule has 0 spiro atoms. The van der Waals surface area contributed by atoms with Crippen molar-refractivity contribution in [1.82, 2.24) is 10.3 Å². The zero-order chi connectivity index (χ0) is 22.1. The molecule has 5 rings (SSSR count). The van der Waals surface area contributed by atoms with Crippen LogP contribution in [0.4, 0.5) is 16.2 Å². The molecule has 0 aliphatic carbocycles. The summed E-state index contributed by atoms with van der Waals surface area (Å²) in [6.07, 6.45) is 2.23. The van der Waals surface area contributed by atoms with Crippen LogP contribution in [0.5, 0.6) is 23.0 Å². The van der Waals surface area contributed by atoms with Gasteiger partial charge in [0.1, 0.15) is 17.2 Å². The Hall–Kier alpha value is -4.27. The molecule has 0 unspecified atom stereocenters. The summed E-state index contributed by atoms with van der Waals surface area (Å²) in [5.74, 6) is 2.12. The molecule has 2 aliphatic rings. The Balaban J connectivity index is 1.29.